The van der Waals surface area contributed by atoms with Gasteiger partial charge in [0.05, 0.1) is 10.8 Å². The number of carbonyl (C=O) groups excluding carboxylic acids is 1. The summed E-state index contributed by atoms with van der Waals surface area (Å²) in [6, 6.07) is 24.2. The average molecular weight is 439 g/mol. The van der Waals surface area contributed by atoms with E-state index in [9.17, 15) is 17.6 Å². The van der Waals surface area contributed by atoms with Gasteiger partial charge in [0.25, 0.3) is 0 Å². The zero-order chi connectivity index (χ0) is 21.8. The van der Waals surface area contributed by atoms with Crippen LogP contribution in [0.15, 0.2) is 89.8 Å². The fraction of sp³-hybridized carbons (Fsp3) is 0.208. The molecule has 1 aliphatic rings. The molecule has 0 radical (unpaired) electrons. The van der Waals surface area contributed by atoms with Crippen LogP contribution < -0.4 is 0 Å². The van der Waals surface area contributed by atoms with E-state index in [2.05, 4.69) is 0 Å². The Morgan fingerprint density at radius 2 is 1.32 bits per heavy atom. The minimum absolute atomic E-state index is 0.0554. The predicted octanol–water partition coefficient (Wildman–Crippen LogP) is 3.49. The van der Waals surface area contributed by atoms with E-state index in [0.717, 1.165) is 17.2 Å². The number of rotatable bonds is 5. The molecule has 0 spiro atoms. The number of sulfonamides is 1. The van der Waals surface area contributed by atoms with E-state index in [4.69, 9.17) is 0 Å². The fourth-order valence-corrected chi connectivity index (χ4v) is 5.33. The van der Waals surface area contributed by atoms with Crippen molar-refractivity contribution in [1.29, 1.82) is 0 Å². The molecule has 0 saturated carbocycles. The number of benzene rings is 3. The Morgan fingerprint density at radius 1 is 0.774 bits per heavy atom. The SMILES string of the molecule is O=C(C(c1ccccc1)c1ccccc1)N1CCN(S(=O)(=O)c2cccc(F)c2)CC1. The molecule has 1 heterocycles. The van der Waals surface area contributed by atoms with E-state index in [1.807, 2.05) is 60.7 Å². The quantitative estimate of drug-likeness (QED) is 0.613. The van der Waals surface area contributed by atoms with Gasteiger partial charge in [0.1, 0.15) is 5.82 Å². The molecule has 1 fully saturated rings. The summed E-state index contributed by atoms with van der Waals surface area (Å²) < 4.78 is 40.5. The zero-order valence-corrected chi connectivity index (χ0v) is 17.7. The van der Waals surface area contributed by atoms with Crippen molar-refractivity contribution < 1.29 is 17.6 Å². The van der Waals surface area contributed by atoms with Crippen molar-refractivity contribution in [1.82, 2.24) is 9.21 Å². The Balaban J connectivity index is 1.53. The molecule has 7 heteroatoms. The van der Waals surface area contributed by atoms with Gasteiger partial charge in [-0.3, -0.25) is 4.79 Å². The van der Waals surface area contributed by atoms with Crippen LogP contribution >= 0.6 is 0 Å². The molecule has 5 nitrogen and oxygen atoms in total. The highest BCUT2D eigenvalue weighted by molar-refractivity contribution is 7.89. The largest absolute Gasteiger partial charge is 0.339 e. The Kier molecular flexibility index (Phi) is 6.15. The predicted molar refractivity (Wildman–Crippen MR) is 116 cm³/mol. The highest BCUT2D eigenvalue weighted by Crippen LogP contribution is 2.28. The van der Waals surface area contributed by atoms with Crippen molar-refractivity contribution in [2.75, 3.05) is 26.2 Å². The van der Waals surface area contributed by atoms with E-state index < -0.39 is 21.8 Å². The lowest BCUT2D eigenvalue weighted by Gasteiger charge is -2.36. The van der Waals surface area contributed by atoms with Gasteiger partial charge < -0.3 is 4.90 Å². The smallest absolute Gasteiger partial charge is 0.243 e. The molecule has 0 N–H and O–H groups in total. The maximum absolute atomic E-state index is 13.5. The number of carbonyl (C=O) groups is 1. The van der Waals surface area contributed by atoms with E-state index in [1.54, 1.807) is 4.90 Å². The molecule has 1 aliphatic heterocycles. The number of halogens is 1. The van der Waals surface area contributed by atoms with Gasteiger partial charge in [0.15, 0.2) is 0 Å². The summed E-state index contributed by atoms with van der Waals surface area (Å²) in [5.41, 5.74) is 1.79. The molecule has 160 valence electrons. The molecule has 1 amide bonds. The van der Waals surface area contributed by atoms with Gasteiger partial charge in [-0.25, -0.2) is 12.8 Å². The summed E-state index contributed by atoms with van der Waals surface area (Å²) in [5, 5.41) is 0. The zero-order valence-electron chi connectivity index (χ0n) is 16.9. The molecule has 4 rings (SSSR count). The highest BCUT2D eigenvalue weighted by atomic mass is 32.2. The van der Waals surface area contributed by atoms with Gasteiger partial charge in [0.2, 0.25) is 15.9 Å². The lowest BCUT2D eigenvalue weighted by Crippen LogP contribution is -2.51. The topological polar surface area (TPSA) is 57.7 Å². The maximum Gasteiger partial charge on any atom is 0.243 e. The summed E-state index contributed by atoms with van der Waals surface area (Å²) >= 11 is 0. The van der Waals surface area contributed by atoms with E-state index in [1.165, 1.54) is 22.5 Å². The molecule has 31 heavy (non-hydrogen) atoms. The maximum atomic E-state index is 13.5. The van der Waals surface area contributed by atoms with Crippen molar-refractivity contribution in [2.45, 2.75) is 10.8 Å². The van der Waals surface area contributed by atoms with Crippen molar-refractivity contribution in [3.05, 3.63) is 102 Å². The molecular formula is C24H23FN2O3S. The summed E-state index contributed by atoms with van der Waals surface area (Å²) in [5.74, 6) is -1.10. The van der Waals surface area contributed by atoms with Crippen LogP contribution in [0.3, 0.4) is 0 Å². The molecule has 1 saturated heterocycles. The van der Waals surface area contributed by atoms with Gasteiger partial charge >= 0.3 is 0 Å². The van der Waals surface area contributed by atoms with Crippen LogP contribution in [0.1, 0.15) is 17.0 Å². The minimum atomic E-state index is -3.80. The Bertz CT molecular complexity index is 1110. The highest BCUT2D eigenvalue weighted by Gasteiger charge is 2.33. The number of amides is 1. The van der Waals surface area contributed by atoms with Gasteiger partial charge in [-0.05, 0) is 29.3 Å². The monoisotopic (exact) mass is 438 g/mol. The number of piperazine rings is 1. The van der Waals surface area contributed by atoms with Gasteiger partial charge in [0, 0.05) is 26.2 Å². The van der Waals surface area contributed by atoms with Crippen molar-refractivity contribution in [3.63, 3.8) is 0 Å². The molecule has 0 atom stereocenters. The summed E-state index contributed by atoms with van der Waals surface area (Å²) in [6.07, 6.45) is 0. The first-order chi connectivity index (χ1) is 15.0. The first-order valence-electron chi connectivity index (χ1n) is 10.1. The molecule has 0 aromatic heterocycles. The molecule has 0 unspecified atom stereocenters. The lowest BCUT2D eigenvalue weighted by atomic mass is 9.90. The van der Waals surface area contributed by atoms with Crippen LogP contribution in [0, 0.1) is 5.82 Å². The average Bonchev–Trinajstić information content (AvgIpc) is 2.81. The second kappa shape index (κ2) is 8.99. The van der Waals surface area contributed by atoms with E-state index in [0.29, 0.717) is 0 Å². The second-order valence-electron chi connectivity index (χ2n) is 7.44. The van der Waals surface area contributed by atoms with Crippen molar-refractivity contribution >= 4 is 15.9 Å². The van der Waals surface area contributed by atoms with Crippen LogP contribution in [0.2, 0.25) is 0 Å². The Hall–Kier alpha value is -3.03. The lowest BCUT2D eigenvalue weighted by molar-refractivity contribution is -0.133. The molecule has 3 aromatic rings. The van der Waals surface area contributed by atoms with E-state index >= 15 is 0 Å². The molecule has 0 aliphatic carbocycles. The van der Waals surface area contributed by atoms with Crippen LogP contribution in [0.4, 0.5) is 4.39 Å². The fourth-order valence-electron chi connectivity index (χ4n) is 3.88. The van der Waals surface area contributed by atoms with Gasteiger partial charge in [-0.2, -0.15) is 4.31 Å². The number of hydrogen-bond donors (Lipinski definition) is 0. The third-order valence-corrected chi connectivity index (χ3v) is 7.39. The van der Waals surface area contributed by atoms with Crippen molar-refractivity contribution in [3.8, 4) is 0 Å². The van der Waals surface area contributed by atoms with Gasteiger partial charge in [-0.15, -0.1) is 0 Å². The third-order valence-electron chi connectivity index (χ3n) is 5.50. The number of hydrogen-bond acceptors (Lipinski definition) is 3. The van der Waals surface area contributed by atoms with Crippen molar-refractivity contribution in [2.24, 2.45) is 0 Å². The first-order valence-corrected chi connectivity index (χ1v) is 11.6. The minimum Gasteiger partial charge on any atom is -0.339 e. The van der Waals surface area contributed by atoms with Crippen LogP contribution in [-0.2, 0) is 14.8 Å². The van der Waals surface area contributed by atoms with Crippen LogP contribution in [0.25, 0.3) is 0 Å². The second-order valence-corrected chi connectivity index (χ2v) is 9.38. The third kappa shape index (κ3) is 4.52. The van der Waals surface area contributed by atoms with Gasteiger partial charge in [-0.1, -0.05) is 66.7 Å². The Morgan fingerprint density at radius 3 is 1.84 bits per heavy atom. The normalized spacial score (nSPS) is 15.2. The molecular weight excluding hydrogens is 415 g/mol. The summed E-state index contributed by atoms with van der Waals surface area (Å²) in [7, 11) is -3.80. The number of nitrogens with zero attached hydrogens (tertiary/aromatic N) is 2. The Labute approximate surface area is 181 Å². The first kappa shape index (κ1) is 21.2. The standard InChI is InChI=1S/C24H23FN2O3S/c25-21-12-7-13-22(18-21)31(29,30)27-16-14-26(15-17-27)24(28)23(19-8-3-1-4-9-19)20-10-5-2-6-11-20/h1-13,18,23H,14-17H2. The van der Waals surface area contributed by atoms with E-state index in [-0.39, 0.29) is 37.0 Å². The molecule has 0 bridgehead atoms. The van der Waals surface area contributed by atoms with Crippen LogP contribution in [-0.4, -0.2) is 49.7 Å². The summed E-state index contributed by atoms with van der Waals surface area (Å²) in [4.78, 5) is 15.1. The van der Waals surface area contributed by atoms with Crippen LogP contribution in [0.5, 0.6) is 0 Å². The molecule has 3 aromatic carbocycles. The summed E-state index contributed by atoms with van der Waals surface area (Å²) in [6.45, 7) is 0.898.